The van der Waals surface area contributed by atoms with Gasteiger partial charge in [0.1, 0.15) is 5.56 Å². The van der Waals surface area contributed by atoms with E-state index < -0.39 is 16.5 Å². The molecule has 0 saturated heterocycles. The number of aliphatic hydroxyl groups is 1. The molecule has 0 bridgehead atoms. The van der Waals surface area contributed by atoms with Crippen molar-refractivity contribution in [1.29, 1.82) is 0 Å². The van der Waals surface area contributed by atoms with Crippen LogP contribution in [0, 0.1) is 10.1 Å². The average molecular weight is 302 g/mol. The quantitative estimate of drug-likeness (QED) is 0.471. The van der Waals surface area contributed by atoms with Crippen LogP contribution in [0.15, 0.2) is 12.3 Å². The van der Waals surface area contributed by atoms with E-state index in [1.165, 1.54) is 17.2 Å². The molecule has 0 aromatic carbocycles. The zero-order valence-corrected chi connectivity index (χ0v) is 11.8. The van der Waals surface area contributed by atoms with Crippen molar-refractivity contribution < 1.29 is 14.8 Å². The van der Waals surface area contributed by atoms with Crippen molar-refractivity contribution in [3.05, 3.63) is 33.1 Å². The van der Waals surface area contributed by atoms with Crippen LogP contribution in [-0.2, 0) is 0 Å². The van der Waals surface area contributed by atoms with Gasteiger partial charge in [-0.15, -0.1) is 0 Å². The molecule has 0 atom stereocenters. The number of pyridine rings is 1. The number of halogens is 1. The summed E-state index contributed by atoms with van der Waals surface area (Å²) < 4.78 is 0. The van der Waals surface area contributed by atoms with E-state index in [9.17, 15) is 14.9 Å². The Labute approximate surface area is 121 Å². The third-order valence-electron chi connectivity index (χ3n) is 2.73. The Morgan fingerprint density at radius 1 is 1.55 bits per heavy atom. The van der Waals surface area contributed by atoms with E-state index in [1.807, 2.05) is 6.92 Å². The molecule has 1 heterocycles. The molecular weight excluding hydrogens is 286 g/mol. The maximum atomic E-state index is 12.3. The second-order valence-corrected chi connectivity index (χ2v) is 4.48. The maximum Gasteiger partial charge on any atom is 0.319 e. The third kappa shape index (κ3) is 3.88. The molecule has 7 nitrogen and oxygen atoms in total. The summed E-state index contributed by atoms with van der Waals surface area (Å²) in [6.45, 7) is 2.30. The summed E-state index contributed by atoms with van der Waals surface area (Å²) in [5.41, 5.74) is -0.613. The van der Waals surface area contributed by atoms with Crippen LogP contribution in [0.4, 0.5) is 5.69 Å². The minimum absolute atomic E-state index is 0.112. The Kier molecular flexibility index (Phi) is 6.33. The van der Waals surface area contributed by atoms with Gasteiger partial charge in [-0.25, -0.2) is 4.98 Å². The van der Waals surface area contributed by atoms with Gasteiger partial charge in [0.2, 0.25) is 5.15 Å². The molecule has 0 fully saturated rings. The van der Waals surface area contributed by atoms with Gasteiger partial charge in [0.15, 0.2) is 0 Å². The van der Waals surface area contributed by atoms with Gasteiger partial charge in [-0.05, 0) is 12.5 Å². The normalized spacial score (nSPS) is 10.3. The Bertz CT molecular complexity index is 496. The van der Waals surface area contributed by atoms with E-state index in [0.717, 1.165) is 12.8 Å². The van der Waals surface area contributed by atoms with Crippen LogP contribution in [0.1, 0.15) is 30.1 Å². The third-order valence-corrected chi connectivity index (χ3v) is 3.01. The fourth-order valence-electron chi connectivity index (χ4n) is 1.73. The van der Waals surface area contributed by atoms with Gasteiger partial charge >= 0.3 is 5.69 Å². The van der Waals surface area contributed by atoms with Crippen molar-refractivity contribution in [2.45, 2.75) is 19.8 Å². The fraction of sp³-hybridized carbons (Fsp3) is 0.500. The van der Waals surface area contributed by atoms with Gasteiger partial charge in [-0.1, -0.05) is 24.9 Å². The van der Waals surface area contributed by atoms with Gasteiger partial charge in [0.05, 0.1) is 11.5 Å². The van der Waals surface area contributed by atoms with E-state index >= 15 is 0 Å². The highest BCUT2D eigenvalue weighted by molar-refractivity contribution is 6.32. The Hall–Kier alpha value is -1.73. The van der Waals surface area contributed by atoms with Gasteiger partial charge in [0.25, 0.3) is 5.91 Å². The van der Waals surface area contributed by atoms with Crippen LogP contribution < -0.4 is 0 Å². The number of carbonyl (C=O) groups is 1. The molecule has 1 N–H and O–H groups in total. The summed E-state index contributed by atoms with van der Waals surface area (Å²) in [7, 11) is 0. The molecule has 0 unspecified atom stereocenters. The molecule has 0 spiro atoms. The molecule has 0 aliphatic heterocycles. The SMILES string of the molecule is CCCCN(CCO)C(=O)c1ccnc(Cl)c1[N+](=O)[O-]. The molecule has 8 heteroatoms. The van der Waals surface area contributed by atoms with Crippen molar-refractivity contribution in [2.75, 3.05) is 19.7 Å². The second kappa shape index (κ2) is 7.76. The van der Waals surface area contributed by atoms with E-state index in [4.69, 9.17) is 16.7 Å². The average Bonchev–Trinajstić information content (AvgIpc) is 2.42. The Morgan fingerprint density at radius 3 is 2.80 bits per heavy atom. The number of hydrogen-bond donors (Lipinski definition) is 1. The number of nitro groups is 1. The molecule has 1 aromatic rings. The monoisotopic (exact) mass is 301 g/mol. The molecular formula is C12H16ClN3O4. The smallest absolute Gasteiger partial charge is 0.319 e. The van der Waals surface area contributed by atoms with Crippen LogP contribution in [0.5, 0.6) is 0 Å². The molecule has 1 aromatic heterocycles. The van der Waals surface area contributed by atoms with Gasteiger partial charge in [0, 0.05) is 19.3 Å². The second-order valence-electron chi connectivity index (χ2n) is 4.12. The predicted octanol–water partition coefficient (Wildman–Crippen LogP) is 1.88. The molecule has 20 heavy (non-hydrogen) atoms. The molecule has 0 aliphatic rings. The predicted molar refractivity (Wildman–Crippen MR) is 73.8 cm³/mol. The lowest BCUT2D eigenvalue weighted by Crippen LogP contribution is -2.34. The summed E-state index contributed by atoms with van der Waals surface area (Å²) >= 11 is 5.68. The molecule has 0 saturated carbocycles. The minimum Gasteiger partial charge on any atom is -0.395 e. The zero-order valence-electron chi connectivity index (χ0n) is 11.1. The first-order chi connectivity index (χ1) is 9.52. The first kappa shape index (κ1) is 16.3. The van der Waals surface area contributed by atoms with E-state index in [0.29, 0.717) is 6.54 Å². The summed E-state index contributed by atoms with van der Waals surface area (Å²) in [4.78, 5) is 27.6. The zero-order chi connectivity index (χ0) is 15.1. The van der Waals surface area contributed by atoms with Gasteiger partial charge < -0.3 is 10.0 Å². The van der Waals surface area contributed by atoms with Crippen LogP contribution in [0.25, 0.3) is 0 Å². The number of aromatic nitrogens is 1. The van der Waals surface area contributed by atoms with Gasteiger partial charge in [-0.3, -0.25) is 14.9 Å². The molecule has 0 radical (unpaired) electrons. The summed E-state index contributed by atoms with van der Waals surface area (Å²) in [5, 5.41) is 19.7. The summed E-state index contributed by atoms with van der Waals surface area (Å²) in [6.07, 6.45) is 2.87. The standard InChI is InChI=1S/C12H16ClN3O4/c1-2-3-6-15(7-8-17)12(18)9-4-5-14-11(13)10(9)16(19)20/h4-5,17H,2-3,6-8H2,1H3. The first-order valence-corrected chi connectivity index (χ1v) is 6.59. The number of amides is 1. The molecule has 0 aliphatic carbocycles. The lowest BCUT2D eigenvalue weighted by atomic mass is 10.2. The van der Waals surface area contributed by atoms with Crippen LogP contribution in [-0.4, -0.2) is 45.5 Å². The van der Waals surface area contributed by atoms with Crippen LogP contribution in [0.2, 0.25) is 5.15 Å². The van der Waals surface area contributed by atoms with Crippen LogP contribution >= 0.6 is 11.6 Å². The molecule has 1 amide bonds. The van der Waals surface area contributed by atoms with Crippen molar-refractivity contribution >= 4 is 23.2 Å². The number of aliphatic hydroxyl groups excluding tert-OH is 1. The highest BCUT2D eigenvalue weighted by Gasteiger charge is 2.27. The molecule has 1 rings (SSSR count). The Balaban J connectivity index is 3.11. The van der Waals surface area contributed by atoms with E-state index in [1.54, 1.807) is 0 Å². The largest absolute Gasteiger partial charge is 0.395 e. The highest BCUT2D eigenvalue weighted by atomic mass is 35.5. The highest BCUT2D eigenvalue weighted by Crippen LogP contribution is 2.27. The van der Waals surface area contributed by atoms with Crippen molar-refractivity contribution in [1.82, 2.24) is 9.88 Å². The topological polar surface area (TPSA) is 96.6 Å². The van der Waals surface area contributed by atoms with Crippen molar-refractivity contribution in [3.8, 4) is 0 Å². The number of carbonyl (C=O) groups excluding carboxylic acids is 1. The molecule has 110 valence electrons. The number of unbranched alkanes of at least 4 members (excludes halogenated alkanes) is 1. The lowest BCUT2D eigenvalue weighted by molar-refractivity contribution is -0.385. The first-order valence-electron chi connectivity index (χ1n) is 6.22. The van der Waals surface area contributed by atoms with E-state index in [2.05, 4.69) is 4.98 Å². The van der Waals surface area contributed by atoms with Crippen molar-refractivity contribution in [2.24, 2.45) is 0 Å². The van der Waals surface area contributed by atoms with E-state index in [-0.39, 0.29) is 23.9 Å². The van der Waals surface area contributed by atoms with Gasteiger partial charge in [-0.2, -0.15) is 0 Å². The summed E-state index contributed by atoms with van der Waals surface area (Å²) in [6, 6.07) is 1.27. The van der Waals surface area contributed by atoms with Crippen LogP contribution in [0.3, 0.4) is 0 Å². The fourth-order valence-corrected chi connectivity index (χ4v) is 1.96. The minimum atomic E-state index is -0.723. The lowest BCUT2D eigenvalue weighted by Gasteiger charge is -2.21. The Morgan fingerprint density at radius 2 is 2.25 bits per heavy atom. The maximum absolute atomic E-state index is 12.3. The van der Waals surface area contributed by atoms with Crippen molar-refractivity contribution in [3.63, 3.8) is 0 Å². The summed E-state index contributed by atoms with van der Waals surface area (Å²) in [5.74, 6) is -0.525. The number of nitrogens with zero attached hydrogens (tertiary/aromatic N) is 3. The number of hydrogen-bond acceptors (Lipinski definition) is 5. The number of rotatable bonds is 7.